The minimum absolute atomic E-state index is 0.0302. The van der Waals surface area contributed by atoms with Crippen molar-refractivity contribution in [2.45, 2.75) is 6.42 Å². The summed E-state index contributed by atoms with van der Waals surface area (Å²) < 4.78 is 5.05. The van der Waals surface area contributed by atoms with Gasteiger partial charge in [0.1, 0.15) is 11.4 Å². The van der Waals surface area contributed by atoms with E-state index in [2.05, 4.69) is 9.97 Å². The zero-order valence-corrected chi connectivity index (χ0v) is 8.93. The van der Waals surface area contributed by atoms with E-state index < -0.39 is 0 Å². The van der Waals surface area contributed by atoms with Gasteiger partial charge in [0.25, 0.3) is 0 Å². The van der Waals surface area contributed by atoms with E-state index in [4.69, 9.17) is 4.74 Å². The van der Waals surface area contributed by atoms with Crippen LogP contribution >= 0.6 is 0 Å². The number of ether oxygens (including phenoxy) is 1. The molecule has 4 nitrogen and oxygen atoms in total. The lowest BCUT2D eigenvalue weighted by Gasteiger charge is -2.01. The number of ketones is 1. The molecule has 0 saturated heterocycles. The first-order chi connectivity index (χ1) is 7.79. The minimum Gasteiger partial charge on any atom is -0.497 e. The quantitative estimate of drug-likeness (QED) is 0.793. The molecule has 0 fully saturated rings. The van der Waals surface area contributed by atoms with Gasteiger partial charge >= 0.3 is 0 Å². The maximum Gasteiger partial charge on any atom is 0.184 e. The molecule has 0 saturated carbocycles. The van der Waals surface area contributed by atoms with E-state index in [0.29, 0.717) is 12.1 Å². The van der Waals surface area contributed by atoms with Crippen LogP contribution in [0.5, 0.6) is 5.75 Å². The van der Waals surface area contributed by atoms with Crippen molar-refractivity contribution in [3.05, 3.63) is 48.0 Å². The fourth-order valence-corrected chi connectivity index (χ4v) is 1.43. The van der Waals surface area contributed by atoms with Crippen LogP contribution in [0.15, 0.2) is 36.8 Å². The first kappa shape index (κ1) is 10.4. The SMILES string of the molecule is COc1ccc(CC(=O)c2cnc[nH]2)cc1. The number of carbonyl (C=O) groups excluding carboxylic acids is 1. The lowest BCUT2D eigenvalue weighted by molar-refractivity contribution is 0.0988. The molecule has 2 rings (SSSR count). The summed E-state index contributed by atoms with van der Waals surface area (Å²) in [5.74, 6) is 0.820. The lowest BCUT2D eigenvalue weighted by Crippen LogP contribution is -2.03. The van der Waals surface area contributed by atoms with Crippen molar-refractivity contribution in [2.75, 3.05) is 7.11 Å². The molecule has 16 heavy (non-hydrogen) atoms. The lowest BCUT2D eigenvalue weighted by atomic mass is 10.1. The monoisotopic (exact) mass is 216 g/mol. The fraction of sp³-hybridized carbons (Fsp3) is 0.167. The van der Waals surface area contributed by atoms with Gasteiger partial charge in [0.05, 0.1) is 19.6 Å². The van der Waals surface area contributed by atoms with Crippen LogP contribution in [0.2, 0.25) is 0 Å². The number of Topliss-reactive ketones (excluding diaryl/α,β-unsaturated/α-hetero) is 1. The van der Waals surface area contributed by atoms with Crippen molar-refractivity contribution < 1.29 is 9.53 Å². The molecule has 2 aromatic rings. The molecule has 0 aliphatic carbocycles. The molecule has 0 spiro atoms. The van der Waals surface area contributed by atoms with Crippen molar-refractivity contribution >= 4 is 5.78 Å². The maximum absolute atomic E-state index is 11.7. The van der Waals surface area contributed by atoms with Crippen LogP contribution in [0.25, 0.3) is 0 Å². The Morgan fingerprint density at radius 1 is 1.38 bits per heavy atom. The number of rotatable bonds is 4. The Labute approximate surface area is 93.3 Å². The Bertz CT molecular complexity index is 460. The average Bonchev–Trinajstić information content (AvgIpc) is 2.83. The summed E-state index contributed by atoms with van der Waals surface area (Å²) in [5, 5.41) is 0. The van der Waals surface area contributed by atoms with E-state index in [9.17, 15) is 4.79 Å². The predicted molar refractivity (Wildman–Crippen MR) is 59.6 cm³/mol. The van der Waals surface area contributed by atoms with Gasteiger partial charge in [-0.15, -0.1) is 0 Å². The summed E-state index contributed by atoms with van der Waals surface area (Å²) in [7, 11) is 1.62. The molecule has 82 valence electrons. The summed E-state index contributed by atoms with van der Waals surface area (Å²) in [5.41, 5.74) is 1.50. The van der Waals surface area contributed by atoms with Crippen LogP contribution in [0.4, 0.5) is 0 Å². The number of carbonyl (C=O) groups is 1. The molecule has 0 aliphatic rings. The Kier molecular flexibility index (Phi) is 3.00. The summed E-state index contributed by atoms with van der Waals surface area (Å²) in [4.78, 5) is 18.3. The first-order valence-corrected chi connectivity index (χ1v) is 4.94. The van der Waals surface area contributed by atoms with Crippen molar-refractivity contribution in [3.63, 3.8) is 0 Å². The number of aromatic nitrogens is 2. The number of benzene rings is 1. The summed E-state index contributed by atoms with van der Waals surface area (Å²) in [6.45, 7) is 0. The van der Waals surface area contributed by atoms with Gasteiger partial charge in [0, 0.05) is 6.42 Å². The smallest absolute Gasteiger partial charge is 0.184 e. The molecule has 0 unspecified atom stereocenters. The molecular formula is C12H12N2O2. The normalized spacial score (nSPS) is 10.1. The van der Waals surface area contributed by atoms with E-state index in [1.54, 1.807) is 7.11 Å². The van der Waals surface area contributed by atoms with Crippen molar-refractivity contribution in [2.24, 2.45) is 0 Å². The third-order valence-corrected chi connectivity index (χ3v) is 2.32. The molecule has 0 bridgehead atoms. The van der Waals surface area contributed by atoms with Crippen molar-refractivity contribution in [1.29, 1.82) is 0 Å². The molecule has 0 atom stereocenters. The van der Waals surface area contributed by atoms with Crippen molar-refractivity contribution in [3.8, 4) is 5.75 Å². The highest BCUT2D eigenvalue weighted by molar-refractivity contribution is 5.95. The molecule has 0 aliphatic heterocycles. The highest BCUT2D eigenvalue weighted by Crippen LogP contribution is 2.12. The topological polar surface area (TPSA) is 55.0 Å². The average molecular weight is 216 g/mol. The van der Waals surface area contributed by atoms with Gasteiger partial charge < -0.3 is 9.72 Å². The van der Waals surface area contributed by atoms with E-state index in [-0.39, 0.29) is 5.78 Å². The molecule has 1 N–H and O–H groups in total. The second-order valence-corrected chi connectivity index (χ2v) is 3.41. The van der Waals surface area contributed by atoms with Crippen LogP contribution in [-0.2, 0) is 6.42 Å². The number of hydrogen-bond acceptors (Lipinski definition) is 3. The first-order valence-electron chi connectivity index (χ1n) is 4.94. The Morgan fingerprint density at radius 3 is 2.69 bits per heavy atom. The van der Waals surface area contributed by atoms with Crippen LogP contribution in [-0.4, -0.2) is 22.9 Å². The zero-order valence-electron chi connectivity index (χ0n) is 8.93. The highest BCUT2D eigenvalue weighted by atomic mass is 16.5. The molecule has 0 radical (unpaired) electrons. The summed E-state index contributed by atoms with van der Waals surface area (Å²) in [6, 6.07) is 7.45. The van der Waals surface area contributed by atoms with Crippen LogP contribution < -0.4 is 4.74 Å². The van der Waals surface area contributed by atoms with E-state index in [1.807, 2.05) is 24.3 Å². The number of nitrogens with one attached hydrogen (secondary N) is 1. The second kappa shape index (κ2) is 4.61. The maximum atomic E-state index is 11.7. The van der Waals surface area contributed by atoms with Gasteiger partial charge in [-0.3, -0.25) is 4.79 Å². The molecule has 1 heterocycles. The molecule has 1 aromatic carbocycles. The van der Waals surface area contributed by atoms with Gasteiger partial charge in [-0.1, -0.05) is 12.1 Å². The third kappa shape index (κ3) is 2.28. The molecular weight excluding hydrogens is 204 g/mol. The highest BCUT2D eigenvalue weighted by Gasteiger charge is 2.07. The zero-order chi connectivity index (χ0) is 11.4. The van der Waals surface area contributed by atoms with Gasteiger partial charge in [0.15, 0.2) is 5.78 Å². The van der Waals surface area contributed by atoms with E-state index in [1.165, 1.54) is 12.5 Å². The molecule has 1 aromatic heterocycles. The standard InChI is InChI=1S/C12H12N2O2/c1-16-10-4-2-9(3-5-10)6-12(15)11-7-13-8-14-11/h2-5,7-8H,6H2,1H3,(H,13,14). The largest absolute Gasteiger partial charge is 0.497 e. The fourth-order valence-electron chi connectivity index (χ4n) is 1.43. The Morgan fingerprint density at radius 2 is 2.12 bits per heavy atom. The van der Waals surface area contributed by atoms with Crippen LogP contribution in [0.1, 0.15) is 16.1 Å². The second-order valence-electron chi connectivity index (χ2n) is 3.41. The Hall–Kier alpha value is -2.10. The third-order valence-electron chi connectivity index (χ3n) is 2.32. The minimum atomic E-state index is 0.0302. The summed E-state index contributed by atoms with van der Waals surface area (Å²) >= 11 is 0. The summed E-state index contributed by atoms with van der Waals surface area (Å²) in [6.07, 6.45) is 3.40. The Balaban J connectivity index is 2.06. The molecule has 0 amide bonds. The number of H-pyrrole nitrogens is 1. The van der Waals surface area contributed by atoms with Crippen LogP contribution in [0.3, 0.4) is 0 Å². The van der Waals surface area contributed by atoms with Gasteiger partial charge in [-0.05, 0) is 17.7 Å². The number of imidazole rings is 1. The van der Waals surface area contributed by atoms with Gasteiger partial charge in [0.2, 0.25) is 0 Å². The van der Waals surface area contributed by atoms with E-state index in [0.717, 1.165) is 11.3 Å². The molecule has 4 heteroatoms. The van der Waals surface area contributed by atoms with Gasteiger partial charge in [-0.2, -0.15) is 0 Å². The van der Waals surface area contributed by atoms with Crippen molar-refractivity contribution in [1.82, 2.24) is 9.97 Å². The number of methoxy groups -OCH3 is 1. The van der Waals surface area contributed by atoms with Gasteiger partial charge in [-0.25, -0.2) is 4.98 Å². The number of aromatic amines is 1. The predicted octanol–water partition coefficient (Wildman–Crippen LogP) is 1.84. The van der Waals surface area contributed by atoms with E-state index >= 15 is 0 Å². The number of hydrogen-bond donors (Lipinski definition) is 1. The number of nitrogens with zero attached hydrogens (tertiary/aromatic N) is 1. The van der Waals surface area contributed by atoms with Crippen LogP contribution in [0, 0.1) is 0 Å².